The fourth-order valence-corrected chi connectivity index (χ4v) is 4.50. The Morgan fingerprint density at radius 2 is 1.79 bits per heavy atom. The predicted molar refractivity (Wildman–Crippen MR) is 122 cm³/mol. The van der Waals surface area contributed by atoms with Gasteiger partial charge in [-0.2, -0.15) is 0 Å². The van der Waals surface area contributed by atoms with E-state index in [-0.39, 0.29) is 24.2 Å². The first-order valence-electron chi connectivity index (χ1n) is 10.5. The zero-order valence-corrected chi connectivity index (χ0v) is 19.1. The van der Waals surface area contributed by atoms with Crippen molar-refractivity contribution in [2.75, 3.05) is 20.2 Å². The van der Waals surface area contributed by atoms with E-state index in [1.54, 1.807) is 30.5 Å². The SMILES string of the molecule is COC(=O)[C@@H]1C[C@@H](c2nccs2)CN1C(=O)CNC(=O)c1ccc(Oc2ccc(F)cc2)cc1. The summed E-state index contributed by atoms with van der Waals surface area (Å²) in [6, 6.07) is 11.2. The molecule has 10 heteroatoms. The highest BCUT2D eigenvalue weighted by Crippen LogP contribution is 2.33. The largest absolute Gasteiger partial charge is 0.467 e. The molecule has 1 aromatic heterocycles. The highest BCUT2D eigenvalue weighted by molar-refractivity contribution is 7.09. The molecule has 2 aromatic carbocycles. The van der Waals surface area contributed by atoms with Crippen molar-refractivity contribution in [2.24, 2.45) is 0 Å². The van der Waals surface area contributed by atoms with Crippen molar-refractivity contribution in [3.05, 3.63) is 76.5 Å². The van der Waals surface area contributed by atoms with Crippen molar-refractivity contribution in [1.82, 2.24) is 15.2 Å². The molecule has 176 valence electrons. The van der Waals surface area contributed by atoms with Crippen LogP contribution in [0.1, 0.15) is 27.7 Å². The van der Waals surface area contributed by atoms with E-state index in [1.165, 1.54) is 47.6 Å². The highest BCUT2D eigenvalue weighted by atomic mass is 32.1. The zero-order valence-electron chi connectivity index (χ0n) is 18.3. The smallest absolute Gasteiger partial charge is 0.328 e. The number of nitrogens with one attached hydrogen (secondary N) is 1. The van der Waals surface area contributed by atoms with Gasteiger partial charge in [-0.15, -0.1) is 11.3 Å². The topological polar surface area (TPSA) is 97.8 Å². The molecular formula is C24H22FN3O5S. The van der Waals surface area contributed by atoms with Crippen LogP contribution < -0.4 is 10.1 Å². The third kappa shape index (κ3) is 5.40. The molecule has 0 saturated carbocycles. The molecule has 8 nitrogen and oxygen atoms in total. The fraction of sp³-hybridized carbons (Fsp3) is 0.250. The lowest BCUT2D eigenvalue weighted by atomic mass is 10.1. The normalized spacial score (nSPS) is 17.3. The number of methoxy groups -OCH3 is 1. The highest BCUT2D eigenvalue weighted by Gasteiger charge is 2.41. The Balaban J connectivity index is 1.34. The van der Waals surface area contributed by atoms with Crippen LogP contribution in [0.5, 0.6) is 11.5 Å². The number of hydrogen-bond acceptors (Lipinski definition) is 7. The van der Waals surface area contributed by atoms with Gasteiger partial charge in [0.2, 0.25) is 5.91 Å². The van der Waals surface area contributed by atoms with E-state index in [0.717, 1.165) is 5.01 Å². The molecule has 3 aromatic rings. The number of amides is 2. The Morgan fingerprint density at radius 1 is 1.12 bits per heavy atom. The van der Waals surface area contributed by atoms with E-state index in [9.17, 15) is 18.8 Å². The number of hydrogen-bond donors (Lipinski definition) is 1. The second-order valence-electron chi connectivity index (χ2n) is 7.65. The Labute approximate surface area is 199 Å². The van der Waals surface area contributed by atoms with Gasteiger partial charge in [-0.25, -0.2) is 14.2 Å². The summed E-state index contributed by atoms with van der Waals surface area (Å²) < 4.78 is 23.5. The molecule has 1 aliphatic heterocycles. The van der Waals surface area contributed by atoms with Gasteiger partial charge in [0, 0.05) is 29.6 Å². The summed E-state index contributed by atoms with van der Waals surface area (Å²) in [5.74, 6) is -0.783. The lowest BCUT2D eigenvalue weighted by Crippen LogP contribution is -2.45. The quantitative estimate of drug-likeness (QED) is 0.518. The molecule has 2 amide bonds. The molecular weight excluding hydrogens is 461 g/mol. The minimum atomic E-state index is -0.716. The molecule has 0 aliphatic carbocycles. The number of rotatable bonds is 7. The van der Waals surface area contributed by atoms with Gasteiger partial charge in [-0.1, -0.05) is 0 Å². The first kappa shape index (κ1) is 23.4. The number of esters is 1. The fourth-order valence-electron chi connectivity index (χ4n) is 3.76. The molecule has 1 fully saturated rings. The maximum atomic E-state index is 13.0. The maximum absolute atomic E-state index is 13.0. The van der Waals surface area contributed by atoms with E-state index < -0.39 is 17.9 Å². The van der Waals surface area contributed by atoms with Crippen LogP contribution in [0.3, 0.4) is 0 Å². The summed E-state index contributed by atoms with van der Waals surface area (Å²) in [6.07, 6.45) is 2.11. The van der Waals surface area contributed by atoms with Crippen LogP contribution in [0.15, 0.2) is 60.1 Å². The second kappa shape index (κ2) is 10.4. The molecule has 0 spiro atoms. The first-order valence-corrected chi connectivity index (χ1v) is 11.4. The van der Waals surface area contributed by atoms with Crippen LogP contribution in [-0.2, 0) is 14.3 Å². The van der Waals surface area contributed by atoms with Crippen LogP contribution in [0.4, 0.5) is 4.39 Å². The van der Waals surface area contributed by atoms with Crippen LogP contribution in [0.2, 0.25) is 0 Å². The number of halogens is 1. The number of carbonyl (C=O) groups excluding carboxylic acids is 3. The van der Waals surface area contributed by atoms with Gasteiger partial charge in [0.05, 0.1) is 18.7 Å². The van der Waals surface area contributed by atoms with Crippen molar-refractivity contribution >= 4 is 29.1 Å². The molecule has 2 heterocycles. The van der Waals surface area contributed by atoms with Gasteiger partial charge in [-0.3, -0.25) is 9.59 Å². The van der Waals surface area contributed by atoms with Crippen LogP contribution >= 0.6 is 11.3 Å². The van der Waals surface area contributed by atoms with Gasteiger partial charge < -0.3 is 19.7 Å². The van der Waals surface area contributed by atoms with Gasteiger partial charge >= 0.3 is 5.97 Å². The number of nitrogens with zero attached hydrogens (tertiary/aromatic N) is 2. The number of ether oxygens (including phenoxy) is 2. The lowest BCUT2D eigenvalue weighted by Gasteiger charge is -2.22. The molecule has 0 radical (unpaired) electrons. The van der Waals surface area contributed by atoms with E-state index in [4.69, 9.17) is 9.47 Å². The Bertz CT molecular complexity index is 1150. The van der Waals surface area contributed by atoms with Crippen LogP contribution in [0.25, 0.3) is 0 Å². The third-order valence-electron chi connectivity index (χ3n) is 5.46. The Kier molecular flexibility index (Phi) is 7.17. The summed E-state index contributed by atoms with van der Waals surface area (Å²) in [6.45, 7) is 0.0716. The summed E-state index contributed by atoms with van der Waals surface area (Å²) in [5.41, 5.74) is 0.339. The maximum Gasteiger partial charge on any atom is 0.328 e. The number of likely N-dealkylation sites (tertiary alicyclic amines) is 1. The van der Waals surface area contributed by atoms with E-state index >= 15 is 0 Å². The molecule has 1 aliphatic rings. The minimum Gasteiger partial charge on any atom is -0.467 e. The Hall–Kier alpha value is -3.79. The van der Waals surface area contributed by atoms with Gasteiger partial charge in [0.1, 0.15) is 23.4 Å². The van der Waals surface area contributed by atoms with Gasteiger partial charge in [0.25, 0.3) is 5.91 Å². The lowest BCUT2D eigenvalue weighted by molar-refractivity contribution is -0.150. The average molecular weight is 484 g/mol. The molecule has 0 unspecified atom stereocenters. The molecule has 1 saturated heterocycles. The molecule has 2 atom stereocenters. The van der Waals surface area contributed by atoms with Crippen molar-refractivity contribution in [1.29, 1.82) is 0 Å². The van der Waals surface area contributed by atoms with E-state index in [2.05, 4.69) is 10.3 Å². The first-order chi connectivity index (χ1) is 16.4. The number of aromatic nitrogens is 1. The Morgan fingerprint density at radius 3 is 2.41 bits per heavy atom. The van der Waals surface area contributed by atoms with Crippen molar-refractivity contribution in [2.45, 2.75) is 18.4 Å². The molecule has 0 bridgehead atoms. The monoisotopic (exact) mass is 483 g/mol. The summed E-state index contributed by atoms with van der Waals surface area (Å²) in [7, 11) is 1.28. The van der Waals surface area contributed by atoms with Crippen molar-refractivity contribution in [3.8, 4) is 11.5 Å². The minimum absolute atomic E-state index is 0.0580. The number of thiazole rings is 1. The molecule has 4 rings (SSSR count). The molecule has 34 heavy (non-hydrogen) atoms. The van der Waals surface area contributed by atoms with E-state index in [1.807, 2.05) is 5.38 Å². The third-order valence-corrected chi connectivity index (χ3v) is 6.40. The summed E-state index contributed by atoms with van der Waals surface area (Å²) in [5, 5.41) is 5.31. The van der Waals surface area contributed by atoms with Crippen LogP contribution in [-0.4, -0.2) is 53.9 Å². The van der Waals surface area contributed by atoms with E-state index in [0.29, 0.717) is 30.0 Å². The standard InChI is InChI=1S/C24H22FN3O5S/c1-32-24(31)20-12-16(23-26-10-11-34-23)14-28(20)21(29)13-27-22(30)15-2-6-18(7-3-15)33-19-8-4-17(25)5-9-19/h2-11,16,20H,12-14H2,1H3,(H,27,30)/t16-,20+/m1/s1. The summed E-state index contributed by atoms with van der Waals surface area (Å²) in [4.78, 5) is 43.3. The van der Waals surface area contributed by atoms with Crippen LogP contribution in [0, 0.1) is 5.82 Å². The summed E-state index contributed by atoms with van der Waals surface area (Å²) >= 11 is 1.48. The van der Waals surface area contributed by atoms with Crippen molar-refractivity contribution in [3.63, 3.8) is 0 Å². The second-order valence-corrected chi connectivity index (χ2v) is 8.58. The molecule has 1 N–H and O–H groups in total. The number of carbonyl (C=O) groups is 3. The average Bonchev–Trinajstić information content (AvgIpc) is 3.54. The zero-order chi connectivity index (χ0) is 24.1. The predicted octanol–water partition coefficient (Wildman–Crippen LogP) is 3.36. The van der Waals surface area contributed by atoms with Gasteiger partial charge in [-0.05, 0) is 55.0 Å². The van der Waals surface area contributed by atoms with Crippen molar-refractivity contribution < 1.29 is 28.2 Å². The van der Waals surface area contributed by atoms with Gasteiger partial charge in [0.15, 0.2) is 0 Å². The number of benzene rings is 2.